The number of hydrogen-bond acceptors (Lipinski definition) is 10. The summed E-state index contributed by atoms with van der Waals surface area (Å²) in [6.07, 6.45) is 10.7. The van der Waals surface area contributed by atoms with Crippen molar-refractivity contribution >= 4 is 23.6 Å². The predicted octanol–water partition coefficient (Wildman–Crippen LogP) is 7.55. The number of aliphatic hydroxyl groups is 2. The molecule has 0 bridgehead atoms. The molecule has 1 fully saturated rings. The van der Waals surface area contributed by atoms with Crippen LogP contribution in [-0.2, 0) is 14.3 Å². The highest BCUT2D eigenvalue weighted by atomic mass is 32.2. The Morgan fingerprint density at radius 1 is 1.10 bits per heavy atom. The van der Waals surface area contributed by atoms with Crippen LogP contribution in [0.15, 0.2) is 76.8 Å². The van der Waals surface area contributed by atoms with E-state index < -0.39 is 17.9 Å². The molecule has 5 rings (SSSR count). The first-order valence-electron chi connectivity index (χ1n) is 17.7. The third-order valence-corrected chi connectivity index (χ3v) is 10.9. The lowest BCUT2D eigenvalue weighted by Crippen LogP contribution is -2.69. The molecule has 6 atom stereocenters. The summed E-state index contributed by atoms with van der Waals surface area (Å²) in [5, 5.41) is 24.1. The summed E-state index contributed by atoms with van der Waals surface area (Å²) < 4.78 is 25.9. The Labute approximate surface area is 300 Å². The number of aliphatic hydroxyl groups excluding tert-OH is 2. The number of carbonyl (C=O) groups is 1. The molecule has 10 nitrogen and oxygen atoms in total. The molecule has 272 valence electrons. The average molecular weight is 709 g/mol. The van der Waals surface area contributed by atoms with Crippen LogP contribution in [0.4, 0.5) is 4.79 Å². The van der Waals surface area contributed by atoms with Gasteiger partial charge in [-0.25, -0.2) is 4.79 Å². The number of nitrogens with zero attached hydrogens (tertiary/aromatic N) is 2. The standard InChI is InChI=1S/C39H52N2O8S/c1-6-22-47-39-35(41(3)38(44)46-7-2)25-33(40-45-4)31-23-26(12-8-10-20-42)30(13-9-11-21-43)36(37(31)39)32-24-28(16-19-34(32)49-39)48-27-14-17-29(50-5)18-15-27/h6,14-19,23-24,26,30,35-37,42-43H,1,7-13,20-22,25H2,2-5H3. The Balaban J connectivity index is 1.72. The van der Waals surface area contributed by atoms with E-state index in [0.29, 0.717) is 30.8 Å². The van der Waals surface area contributed by atoms with Gasteiger partial charge in [0.25, 0.3) is 0 Å². The molecular formula is C39H52N2O8S. The zero-order valence-corrected chi connectivity index (χ0v) is 30.5. The maximum absolute atomic E-state index is 13.4. The Bertz CT molecular complexity index is 1510. The number of benzene rings is 2. The van der Waals surface area contributed by atoms with Gasteiger partial charge in [-0.1, -0.05) is 30.1 Å². The fraction of sp³-hybridized carbons (Fsp3) is 0.538. The minimum Gasteiger partial charge on any atom is -0.459 e. The van der Waals surface area contributed by atoms with Gasteiger partial charge in [0, 0.05) is 43.1 Å². The number of carbonyl (C=O) groups excluding carboxylic acids is 1. The first kappa shape index (κ1) is 37.7. The van der Waals surface area contributed by atoms with Crippen LogP contribution in [0, 0.1) is 17.8 Å². The summed E-state index contributed by atoms with van der Waals surface area (Å²) in [6, 6.07) is 13.3. The fourth-order valence-electron chi connectivity index (χ4n) is 8.03. The van der Waals surface area contributed by atoms with Crippen molar-refractivity contribution in [3.63, 3.8) is 0 Å². The van der Waals surface area contributed by atoms with Crippen LogP contribution in [0.25, 0.3) is 0 Å². The lowest BCUT2D eigenvalue weighted by Gasteiger charge is -2.59. The molecule has 11 heteroatoms. The van der Waals surface area contributed by atoms with Gasteiger partial charge < -0.3 is 38.9 Å². The van der Waals surface area contributed by atoms with Gasteiger partial charge in [-0.2, -0.15) is 0 Å². The van der Waals surface area contributed by atoms with Crippen LogP contribution in [-0.4, -0.2) is 85.6 Å². The number of ether oxygens (including phenoxy) is 4. The number of amides is 1. The molecule has 2 aromatic carbocycles. The van der Waals surface area contributed by atoms with E-state index in [0.717, 1.165) is 53.2 Å². The van der Waals surface area contributed by atoms with E-state index in [1.807, 2.05) is 42.7 Å². The molecule has 2 aromatic rings. The molecule has 0 spiro atoms. The number of unbranched alkanes of at least 4 members (excludes halogenated alkanes) is 2. The van der Waals surface area contributed by atoms with Gasteiger partial charge in [-0.15, -0.1) is 18.3 Å². The number of thioether (sulfide) groups is 1. The summed E-state index contributed by atoms with van der Waals surface area (Å²) >= 11 is 1.68. The number of rotatable bonds is 17. The monoisotopic (exact) mass is 708 g/mol. The van der Waals surface area contributed by atoms with Crippen molar-refractivity contribution in [3.8, 4) is 17.2 Å². The van der Waals surface area contributed by atoms with Gasteiger partial charge >= 0.3 is 6.09 Å². The molecule has 2 N–H and O–H groups in total. The SMILES string of the molecule is C=CCOC12Oc3ccc(Oc4ccc(SC)cc4)cc3C3C(CCCCO)C(CCCCO)C=C(C(=NOC)CC1N(C)C(=O)OCC)C32. The molecule has 0 saturated heterocycles. The molecule has 1 amide bonds. The van der Waals surface area contributed by atoms with Crippen LogP contribution < -0.4 is 9.47 Å². The van der Waals surface area contributed by atoms with Gasteiger partial charge in [-0.05, 0) is 98.7 Å². The Hall–Kier alpha value is -3.51. The molecule has 1 saturated carbocycles. The van der Waals surface area contributed by atoms with Crippen molar-refractivity contribution in [2.75, 3.05) is 46.8 Å². The van der Waals surface area contributed by atoms with E-state index >= 15 is 0 Å². The zero-order valence-electron chi connectivity index (χ0n) is 29.7. The summed E-state index contributed by atoms with van der Waals surface area (Å²) in [4.78, 5) is 21.6. The minimum atomic E-state index is -1.31. The van der Waals surface area contributed by atoms with Gasteiger partial charge in [0.05, 0.1) is 24.8 Å². The Morgan fingerprint density at radius 2 is 1.82 bits per heavy atom. The van der Waals surface area contributed by atoms with Crippen LogP contribution in [0.2, 0.25) is 0 Å². The van der Waals surface area contributed by atoms with E-state index in [2.05, 4.69) is 23.9 Å². The molecule has 2 aliphatic carbocycles. The summed E-state index contributed by atoms with van der Waals surface area (Å²) in [5.74, 6) is 0.516. The maximum Gasteiger partial charge on any atom is 0.409 e. The van der Waals surface area contributed by atoms with Crippen molar-refractivity contribution in [1.82, 2.24) is 4.90 Å². The number of hydrogen-bond donors (Lipinski definition) is 2. The highest BCUT2D eigenvalue weighted by Crippen LogP contribution is 2.62. The highest BCUT2D eigenvalue weighted by Gasteiger charge is 2.65. The van der Waals surface area contributed by atoms with Crippen molar-refractivity contribution in [2.45, 2.75) is 74.5 Å². The van der Waals surface area contributed by atoms with Crippen LogP contribution in [0.3, 0.4) is 0 Å². The van der Waals surface area contributed by atoms with Gasteiger partial charge in [0.2, 0.25) is 5.79 Å². The first-order chi connectivity index (χ1) is 24.3. The third-order valence-electron chi connectivity index (χ3n) is 10.2. The summed E-state index contributed by atoms with van der Waals surface area (Å²) in [5.41, 5.74) is 2.70. The second-order valence-corrected chi connectivity index (χ2v) is 13.9. The zero-order chi connectivity index (χ0) is 35.7. The lowest BCUT2D eigenvalue weighted by atomic mass is 9.55. The topological polar surface area (TPSA) is 119 Å². The first-order valence-corrected chi connectivity index (χ1v) is 18.9. The minimum absolute atomic E-state index is 0.119. The molecule has 1 heterocycles. The maximum atomic E-state index is 13.4. The molecule has 0 radical (unpaired) electrons. The van der Waals surface area contributed by atoms with Crippen LogP contribution in [0.5, 0.6) is 17.2 Å². The molecule has 50 heavy (non-hydrogen) atoms. The van der Waals surface area contributed by atoms with Crippen LogP contribution in [0.1, 0.15) is 63.4 Å². The second-order valence-electron chi connectivity index (χ2n) is 13.0. The molecule has 1 aliphatic heterocycles. The molecule has 0 aromatic heterocycles. The van der Waals surface area contributed by atoms with E-state index in [-0.39, 0.29) is 50.1 Å². The number of fused-ring (bicyclic) bond motifs is 2. The third kappa shape index (κ3) is 7.86. The van der Waals surface area contributed by atoms with Crippen molar-refractivity contribution in [2.24, 2.45) is 22.9 Å². The molecule has 3 aliphatic rings. The second kappa shape index (κ2) is 17.6. The highest BCUT2D eigenvalue weighted by molar-refractivity contribution is 7.98. The Morgan fingerprint density at radius 3 is 2.48 bits per heavy atom. The summed E-state index contributed by atoms with van der Waals surface area (Å²) in [7, 11) is 3.25. The average Bonchev–Trinajstić information content (AvgIpc) is 3.13. The van der Waals surface area contributed by atoms with E-state index in [4.69, 9.17) is 23.8 Å². The molecule has 6 unspecified atom stereocenters. The van der Waals surface area contributed by atoms with Crippen molar-refractivity contribution in [3.05, 3.63) is 72.3 Å². The van der Waals surface area contributed by atoms with Crippen molar-refractivity contribution < 1.29 is 38.8 Å². The predicted molar refractivity (Wildman–Crippen MR) is 195 cm³/mol. The van der Waals surface area contributed by atoms with Gasteiger partial charge in [0.15, 0.2) is 0 Å². The number of likely N-dealkylation sites (N-methyl/N-ethyl adjacent to an activating group) is 1. The van der Waals surface area contributed by atoms with Crippen molar-refractivity contribution in [1.29, 1.82) is 0 Å². The van der Waals surface area contributed by atoms with E-state index in [1.165, 1.54) is 7.11 Å². The number of allylic oxidation sites excluding steroid dienone is 1. The number of oxime groups is 1. The van der Waals surface area contributed by atoms with Gasteiger partial charge in [-0.3, -0.25) is 0 Å². The fourth-order valence-corrected chi connectivity index (χ4v) is 8.44. The lowest BCUT2D eigenvalue weighted by molar-refractivity contribution is -0.253. The van der Waals surface area contributed by atoms with E-state index in [9.17, 15) is 15.0 Å². The normalized spacial score (nSPS) is 25.8. The largest absolute Gasteiger partial charge is 0.459 e. The quantitative estimate of drug-likeness (QED) is 0.0743. The smallest absolute Gasteiger partial charge is 0.409 e. The molecular weight excluding hydrogens is 657 g/mol. The van der Waals surface area contributed by atoms with E-state index in [1.54, 1.807) is 36.7 Å². The van der Waals surface area contributed by atoms with Gasteiger partial charge in [0.1, 0.15) is 30.4 Å². The summed E-state index contributed by atoms with van der Waals surface area (Å²) in [6.45, 7) is 6.40. The van der Waals surface area contributed by atoms with Crippen LogP contribution >= 0.6 is 11.8 Å². The Kier molecular flexibility index (Phi) is 13.3.